The fourth-order valence-corrected chi connectivity index (χ4v) is 2.34. The van der Waals surface area contributed by atoms with Gasteiger partial charge in [0.05, 0.1) is 0 Å². The lowest BCUT2D eigenvalue weighted by Crippen LogP contribution is -2.36. The Morgan fingerprint density at radius 1 is 1.19 bits per heavy atom. The molecule has 0 saturated carbocycles. The Balaban J connectivity index is 2.12. The molecule has 0 amide bonds. The van der Waals surface area contributed by atoms with Crippen LogP contribution >= 0.6 is 0 Å². The van der Waals surface area contributed by atoms with E-state index in [9.17, 15) is 0 Å². The summed E-state index contributed by atoms with van der Waals surface area (Å²) in [6.45, 7) is 12.1. The summed E-state index contributed by atoms with van der Waals surface area (Å²) in [5.41, 5.74) is 0.489. The zero-order valence-electron chi connectivity index (χ0n) is 11.7. The lowest BCUT2D eigenvalue weighted by Gasteiger charge is -2.33. The van der Waals surface area contributed by atoms with E-state index >= 15 is 0 Å². The number of likely N-dealkylation sites (tertiary alicyclic amines) is 1. The highest BCUT2D eigenvalue weighted by Crippen LogP contribution is 2.23. The molecule has 0 aromatic rings. The molecule has 1 fully saturated rings. The summed E-state index contributed by atoms with van der Waals surface area (Å²) in [5, 5.41) is 3.26. The summed E-state index contributed by atoms with van der Waals surface area (Å²) in [4.78, 5) is 2.65. The fraction of sp³-hybridized carbons (Fsp3) is 1.00. The van der Waals surface area contributed by atoms with E-state index in [1.54, 1.807) is 0 Å². The van der Waals surface area contributed by atoms with E-state index in [1.807, 2.05) is 0 Å². The summed E-state index contributed by atoms with van der Waals surface area (Å²) in [6.07, 6.45) is 5.51. The minimum Gasteiger partial charge on any atom is -0.320 e. The lowest BCUT2D eigenvalue weighted by molar-refractivity contribution is 0.159. The molecule has 1 saturated heterocycles. The van der Waals surface area contributed by atoms with Crippen LogP contribution in [0.4, 0.5) is 0 Å². The van der Waals surface area contributed by atoms with Crippen molar-refractivity contribution in [1.82, 2.24) is 10.2 Å². The molecule has 1 aliphatic rings. The average molecular weight is 226 g/mol. The molecule has 2 nitrogen and oxygen atoms in total. The third-order valence-electron chi connectivity index (χ3n) is 3.69. The predicted molar refractivity (Wildman–Crippen MR) is 71.8 cm³/mol. The number of nitrogens with one attached hydrogen (secondary N) is 1. The van der Waals surface area contributed by atoms with Crippen LogP contribution in [-0.2, 0) is 0 Å². The Morgan fingerprint density at radius 2 is 1.81 bits per heavy atom. The van der Waals surface area contributed by atoms with Crippen molar-refractivity contribution in [3.05, 3.63) is 0 Å². The highest BCUT2D eigenvalue weighted by molar-refractivity contribution is 4.74. The molecule has 1 N–H and O–H groups in total. The zero-order chi connectivity index (χ0) is 12.0. The van der Waals surface area contributed by atoms with Gasteiger partial charge >= 0.3 is 0 Å². The molecule has 16 heavy (non-hydrogen) atoms. The van der Waals surface area contributed by atoms with Gasteiger partial charge in [0, 0.05) is 0 Å². The van der Waals surface area contributed by atoms with Crippen LogP contribution in [0, 0.1) is 11.3 Å². The molecule has 0 bridgehead atoms. The first-order valence-corrected chi connectivity index (χ1v) is 6.88. The van der Waals surface area contributed by atoms with E-state index < -0.39 is 0 Å². The molecule has 1 rings (SSSR count). The van der Waals surface area contributed by atoms with Crippen molar-refractivity contribution in [2.45, 2.75) is 46.5 Å². The molecule has 0 aromatic carbocycles. The number of hydrogen-bond acceptors (Lipinski definition) is 2. The van der Waals surface area contributed by atoms with Gasteiger partial charge in [0.15, 0.2) is 0 Å². The molecule has 2 heteroatoms. The van der Waals surface area contributed by atoms with Crippen molar-refractivity contribution in [3.8, 4) is 0 Å². The maximum Gasteiger partial charge on any atom is -0.00137 e. The van der Waals surface area contributed by atoms with Gasteiger partial charge in [-0.2, -0.15) is 0 Å². The zero-order valence-corrected chi connectivity index (χ0v) is 11.7. The highest BCUT2D eigenvalue weighted by Gasteiger charge is 2.20. The van der Waals surface area contributed by atoms with Gasteiger partial charge in [-0.1, -0.05) is 20.8 Å². The molecule has 96 valence electrons. The van der Waals surface area contributed by atoms with E-state index in [2.05, 4.69) is 38.0 Å². The lowest BCUT2D eigenvalue weighted by atomic mass is 9.90. The second-order valence-electron chi connectivity index (χ2n) is 6.49. The maximum atomic E-state index is 3.26. The maximum absolute atomic E-state index is 3.26. The standard InChI is InChI=1S/C14H30N2/c1-14(2,3)8-12-16-10-6-13(7-11-16)5-9-15-4/h13,15H,5-12H2,1-4H3. The van der Waals surface area contributed by atoms with Gasteiger partial charge in [-0.05, 0) is 70.2 Å². The molecule has 0 unspecified atom stereocenters. The molecule has 0 radical (unpaired) electrons. The SMILES string of the molecule is CNCCC1CCN(CCC(C)(C)C)CC1. The highest BCUT2D eigenvalue weighted by atomic mass is 15.1. The number of piperidine rings is 1. The van der Waals surface area contributed by atoms with Gasteiger partial charge < -0.3 is 10.2 Å². The number of nitrogens with zero attached hydrogens (tertiary/aromatic N) is 1. The molecule has 1 heterocycles. The van der Waals surface area contributed by atoms with Crippen molar-refractivity contribution in [3.63, 3.8) is 0 Å². The molecule has 0 aliphatic carbocycles. The number of rotatable bonds is 5. The summed E-state index contributed by atoms with van der Waals surface area (Å²) >= 11 is 0. The normalized spacial score (nSPS) is 20.2. The fourth-order valence-electron chi connectivity index (χ4n) is 2.34. The van der Waals surface area contributed by atoms with Crippen molar-refractivity contribution in [2.75, 3.05) is 33.2 Å². The van der Waals surface area contributed by atoms with Gasteiger partial charge in [-0.25, -0.2) is 0 Å². The molecule has 0 aromatic heterocycles. The quantitative estimate of drug-likeness (QED) is 0.775. The Kier molecular flexibility index (Phi) is 5.77. The minimum absolute atomic E-state index is 0.489. The van der Waals surface area contributed by atoms with Crippen LogP contribution in [0.25, 0.3) is 0 Å². The van der Waals surface area contributed by atoms with Crippen molar-refractivity contribution in [1.29, 1.82) is 0 Å². The average Bonchev–Trinajstić information content (AvgIpc) is 2.24. The second kappa shape index (κ2) is 6.61. The van der Waals surface area contributed by atoms with Crippen LogP contribution in [-0.4, -0.2) is 38.1 Å². The third-order valence-corrected chi connectivity index (χ3v) is 3.69. The smallest absolute Gasteiger partial charge is 0.00137 e. The first-order chi connectivity index (χ1) is 7.51. The van der Waals surface area contributed by atoms with Crippen molar-refractivity contribution >= 4 is 0 Å². The Morgan fingerprint density at radius 3 is 2.31 bits per heavy atom. The Bertz CT molecular complexity index is 176. The summed E-state index contributed by atoms with van der Waals surface area (Å²) in [5.74, 6) is 0.971. The van der Waals surface area contributed by atoms with Crippen LogP contribution in [0.5, 0.6) is 0 Å². The van der Waals surface area contributed by atoms with E-state index in [0.29, 0.717) is 5.41 Å². The molecule has 0 spiro atoms. The van der Waals surface area contributed by atoms with Gasteiger partial charge in [0.2, 0.25) is 0 Å². The monoisotopic (exact) mass is 226 g/mol. The van der Waals surface area contributed by atoms with Gasteiger partial charge in [-0.3, -0.25) is 0 Å². The first-order valence-electron chi connectivity index (χ1n) is 6.88. The Labute approximate surface area is 102 Å². The molecular weight excluding hydrogens is 196 g/mol. The molecular formula is C14H30N2. The van der Waals surface area contributed by atoms with Gasteiger partial charge in [0.25, 0.3) is 0 Å². The van der Waals surface area contributed by atoms with Crippen LogP contribution < -0.4 is 5.32 Å². The van der Waals surface area contributed by atoms with Crippen molar-refractivity contribution in [2.24, 2.45) is 11.3 Å². The Hall–Kier alpha value is -0.0800. The third kappa shape index (κ3) is 5.86. The van der Waals surface area contributed by atoms with Crippen LogP contribution in [0.3, 0.4) is 0 Å². The summed E-state index contributed by atoms with van der Waals surface area (Å²) in [7, 11) is 2.05. The second-order valence-corrected chi connectivity index (χ2v) is 6.49. The first kappa shape index (κ1) is 14.0. The topological polar surface area (TPSA) is 15.3 Å². The van der Waals surface area contributed by atoms with Gasteiger partial charge in [0.1, 0.15) is 0 Å². The molecule has 0 atom stereocenters. The van der Waals surface area contributed by atoms with E-state index in [4.69, 9.17) is 0 Å². The molecule has 1 aliphatic heterocycles. The van der Waals surface area contributed by atoms with Crippen molar-refractivity contribution < 1.29 is 0 Å². The van der Waals surface area contributed by atoms with E-state index in [0.717, 1.165) is 5.92 Å². The van der Waals surface area contributed by atoms with Crippen LogP contribution in [0.2, 0.25) is 0 Å². The number of hydrogen-bond donors (Lipinski definition) is 1. The minimum atomic E-state index is 0.489. The van der Waals surface area contributed by atoms with E-state index in [-0.39, 0.29) is 0 Å². The predicted octanol–water partition coefficient (Wildman–Crippen LogP) is 2.74. The summed E-state index contributed by atoms with van der Waals surface area (Å²) in [6, 6.07) is 0. The van der Waals surface area contributed by atoms with E-state index in [1.165, 1.54) is 51.9 Å². The van der Waals surface area contributed by atoms with Gasteiger partial charge in [-0.15, -0.1) is 0 Å². The largest absolute Gasteiger partial charge is 0.320 e. The summed E-state index contributed by atoms with van der Waals surface area (Å²) < 4.78 is 0. The van der Waals surface area contributed by atoms with Crippen LogP contribution in [0.1, 0.15) is 46.5 Å². The van der Waals surface area contributed by atoms with Crippen LogP contribution in [0.15, 0.2) is 0 Å².